The number of ether oxygens (including phenoxy) is 1. The molecular formula is C7H14O8. The first-order valence-corrected chi connectivity index (χ1v) is 4.06. The molecule has 1 aliphatic rings. The van der Waals surface area contributed by atoms with Gasteiger partial charge in [-0.3, -0.25) is 4.79 Å². The van der Waals surface area contributed by atoms with Gasteiger partial charge in [-0.1, -0.05) is 0 Å². The molecule has 8 nitrogen and oxygen atoms in total. The molecule has 8 heteroatoms. The molecule has 0 saturated carbocycles. The normalized spacial score (nSPS) is 40.2. The first-order chi connectivity index (χ1) is 6.99. The van der Waals surface area contributed by atoms with Gasteiger partial charge < -0.3 is 35.4 Å². The average molecular weight is 226 g/mol. The zero-order chi connectivity index (χ0) is 12.0. The molecule has 0 aliphatic carbocycles. The summed E-state index contributed by atoms with van der Waals surface area (Å²) in [6.07, 6.45) is -7.04. The molecule has 1 unspecified atom stereocenters. The summed E-state index contributed by atoms with van der Waals surface area (Å²) >= 11 is 0. The van der Waals surface area contributed by atoms with Crippen LogP contribution in [0.1, 0.15) is 0 Å². The van der Waals surface area contributed by atoms with Gasteiger partial charge in [-0.25, -0.2) is 0 Å². The van der Waals surface area contributed by atoms with Gasteiger partial charge in [0.15, 0.2) is 6.29 Å². The van der Waals surface area contributed by atoms with Crippen LogP contribution in [0.4, 0.5) is 0 Å². The van der Waals surface area contributed by atoms with E-state index in [2.05, 4.69) is 4.74 Å². The summed E-state index contributed by atoms with van der Waals surface area (Å²) in [7, 11) is 0. The van der Waals surface area contributed by atoms with E-state index in [1.54, 1.807) is 0 Å². The van der Waals surface area contributed by atoms with E-state index >= 15 is 0 Å². The van der Waals surface area contributed by atoms with Crippen molar-refractivity contribution >= 4 is 6.47 Å². The van der Waals surface area contributed by atoms with E-state index in [0.717, 1.165) is 0 Å². The summed E-state index contributed by atoms with van der Waals surface area (Å²) < 4.78 is 4.58. The fourth-order valence-corrected chi connectivity index (χ4v) is 1.08. The van der Waals surface area contributed by atoms with Gasteiger partial charge in [0, 0.05) is 0 Å². The minimum atomic E-state index is -1.57. The van der Waals surface area contributed by atoms with E-state index in [-0.39, 0.29) is 6.47 Å². The molecule has 15 heavy (non-hydrogen) atoms. The van der Waals surface area contributed by atoms with E-state index in [1.807, 2.05) is 0 Å². The Bertz CT molecular complexity index is 181. The van der Waals surface area contributed by atoms with E-state index in [9.17, 15) is 0 Å². The molecule has 1 aliphatic heterocycles. The molecular weight excluding hydrogens is 212 g/mol. The highest BCUT2D eigenvalue weighted by molar-refractivity contribution is 5.32. The lowest BCUT2D eigenvalue weighted by Gasteiger charge is -2.37. The molecule has 0 radical (unpaired) electrons. The molecule has 0 aromatic rings. The lowest BCUT2D eigenvalue weighted by Crippen LogP contribution is -2.58. The largest absolute Gasteiger partial charge is 0.483 e. The molecule has 1 fully saturated rings. The fourth-order valence-electron chi connectivity index (χ4n) is 1.08. The van der Waals surface area contributed by atoms with Crippen molar-refractivity contribution in [1.82, 2.24) is 0 Å². The summed E-state index contributed by atoms with van der Waals surface area (Å²) in [4.78, 5) is 8.36. The molecule has 0 amide bonds. The van der Waals surface area contributed by atoms with Gasteiger partial charge in [-0.15, -0.1) is 0 Å². The fraction of sp³-hybridized carbons (Fsp3) is 0.857. The smallest absolute Gasteiger partial charge is 0.290 e. The number of carboxylic acid groups (broad SMARTS) is 1. The van der Waals surface area contributed by atoms with Crippen molar-refractivity contribution in [2.24, 2.45) is 0 Å². The van der Waals surface area contributed by atoms with E-state index < -0.39 is 37.3 Å². The molecule has 1 heterocycles. The second kappa shape index (κ2) is 6.67. The Balaban J connectivity index is 0.000000583. The zero-order valence-electron chi connectivity index (χ0n) is 7.67. The van der Waals surface area contributed by atoms with Crippen molar-refractivity contribution in [3.8, 4) is 0 Å². The third kappa shape index (κ3) is 3.70. The third-order valence-electron chi connectivity index (χ3n) is 1.87. The quantitative estimate of drug-likeness (QED) is 0.252. The van der Waals surface area contributed by atoms with Crippen LogP contribution in [0.15, 0.2) is 0 Å². The van der Waals surface area contributed by atoms with Crippen LogP contribution < -0.4 is 0 Å². The van der Waals surface area contributed by atoms with Crippen LogP contribution >= 0.6 is 0 Å². The van der Waals surface area contributed by atoms with Crippen LogP contribution in [0, 0.1) is 0 Å². The molecule has 6 N–H and O–H groups in total. The topological polar surface area (TPSA) is 148 Å². The van der Waals surface area contributed by atoms with Gasteiger partial charge in [-0.05, 0) is 0 Å². The van der Waals surface area contributed by atoms with Gasteiger partial charge in [0.2, 0.25) is 0 Å². The van der Waals surface area contributed by atoms with Crippen LogP contribution in [0.5, 0.6) is 0 Å². The minimum absolute atomic E-state index is 0.250. The Labute approximate surface area is 85.0 Å². The Hall–Kier alpha value is -0.770. The van der Waals surface area contributed by atoms with Crippen LogP contribution in [0.25, 0.3) is 0 Å². The summed E-state index contributed by atoms with van der Waals surface area (Å²) in [6, 6.07) is 0. The predicted octanol–water partition coefficient (Wildman–Crippen LogP) is -3.52. The monoisotopic (exact) mass is 226 g/mol. The second-order valence-corrected chi connectivity index (χ2v) is 2.82. The number of hydrogen-bond acceptors (Lipinski definition) is 7. The van der Waals surface area contributed by atoms with Crippen molar-refractivity contribution in [1.29, 1.82) is 0 Å². The number of carbonyl (C=O) groups is 1. The molecule has 0 aromatic heterocycles. The number of hydrogen-bond donors (Lipinski definition) is 6. The van der Waals surface area contributed by atoms with Crippen LogP contribution in [-0.2, 0) is 9.53 Å². The minimum Gasteiger partial charge on any atom is -0.483 e. The average Bonchev–Trinajstić information content (AvgIpc) is 2.21. The van der Waals surface area contributed by atoms with Gasteiger partial charge in [-0.2, -0.15) is 0 Å². The maximum Gasteiger partial charge on any atom is 0.290 e. The van der Waals surface area contributed by atoms with Gasteiger partial charge in [0.05, 0.1) is 6.61 Å². The van der Waals surface area contributed by atoms with E-state index in [1.165, 1.54) is 0 Å². The SMILES string of the molecule is O=CO.OC[C@H]1OC(O)[C@H](O)[C@@H](O)[C@@H]1O. The Morgan fingerprint density at radius 3 is 1.93 bits per heavy atom. The van der Waals surface area contributed by atoms with Crippen molar-refractivity contribution in [2.45, 2.75) is 30.7 Å². The lowest BCUT2D eigenvalue weighted by atomic mass is 10.00. The summed E-state index contributed by atoms with van der Waals surface area (Å²) in [5.41, 5.74) is 0. The highest BCUT2D eigenvalue weighted by Crippen LogP contribution is 2.18. The number of rotatable bonds is 1. The standard InChI is InChI=1S/C6H12O6.CH2O2/c7-1-2-3(8)4(9)5(10)6(11)12-2;2-1-3/h2-11H,1H2;1H,(H,2,3)/t2-,3-,4+,5-,6?;/m1./s1. The summed E-state index contributed by atoms with van der Waals surface area (Å²) in [5.74, 6) is 0. The molecule has 0 aromatic carbocycles. The highest BCUT2D eigenvalue weighted by Gasteiger charge is 2.42. The van der Waals surface area contributed by atoms with Crippen molar-refractivity contribution in [3.05, 3.63) is 0 Å². The predicted molar refractivity (Wildman–Crippen MR) is 44.7 cm³/mol. The number of aliphatic hydroxyl groups is 5. The molecule has 0 bridgehead atoms. The maximum atomic E-state index is 9.12. The van der Waals surface area contributed by atoms with E-state index in [4.69, 9.17) is 35.4 Å². The lowest BCUT2D eigenvalue weighted by molar-refractivity contribution is -0.286. The van der Waals surface area contributed by atoms with Gasteiger partial charge in [0.1, 0.15) is 24.4 Å². The highest BCUT2D eigenvalue weighted by atomic mass is 16.6. The first kappa shape index (κ1) is 14.2. The van der Waals surface area contributed by atoms with Crippen LogP contribution in [-0.4, -0.2) is 74.4 Å². The Morgan fingerprint density at radius 1 is 1.07 bits per heavy atom. The first-order valence-electron chi connectivity index (χ1n) is 4.06. The van der Waals surface area contributed by atoms with Gasteiger partial charge in [0.25, 0.3) is 6.47 Å². The van der Waals surface area contributed by atoms with E-state index in [0.29, 0.717) is 0 Å². The molecule has 1 saturated heterocycles. The van der Waals surface area contributed by atoms with Crippen molar-refractivity contribution in [2.75, 3.05) is 6.61 Å². The molecule has 90 valence electrons. The summed E-state index contributed by atoms with van der Waals surface area (Å²) in [6.45, 7) is -0.776. The van der Waals surface area contributed by atoms with Crippen molar-refractivity contribution < 1.29 is 40.2 Å². The van der Waals surface area contributed by atoms with Crippen LogP contribution in [0.2, 0.25) is 0 Å². The molecule has 5 atom stereocenters. The van der Waals surface area contributed by atoms with Crippen molar-refractivity contribution in [3.63, 3.8) is 0 Å². The van der Waals surface area contributed by atoms with Gasteiger partial charge >= 0.3 is 0 Å². The third-order valence-corrected chi connectivity index (χ3v) is 1.87. The second-order valence-electron chi connectivity index (χ2n) is 2.82. The molecule has 1 rings (SSSR count). The molecule has 0 spiro atoms. The summed E-state index contributed by atoms with van der Waals surface area (Å²) in [5, 5.41) is 51.5. The Kier molecular flexibility index (Phi) is 6.32. The van der Waals surface area contributed by atoms with Crippen LogP contribution in [0.3, 0.4) is 0 Å². The maximum absolute atomic E-state index is 9.12. The number of aliphatic hydroxyl groups excluding tert-OH is 5. The Morgan fingerprint density at radius 2 is 1.53 bits per heavy atom. The zero-order valence-corrected chi connectivity index (χ0v) is 7.67.